The van der Waals surface area contributed by atoms with Crippen LogP contribution in [0.1, 0.15) is 35.0 Å². The lowest BCUT2D eigenvalue weighted by Gasteiger charge is -2.14. The first-order valence-electron chi connectivity index (χ1n) is 11.9. The summed E-state index contributed by atoms with van der Waals surface area (Å²) in [5, 5.41) is 11.1. The van der Waals surface area contributed by atoms with Gasteiger partial charge in [0.2, 0.25) is 0 Å². The monoisotopic (exact) mass is 477 g/mol. The number of hydrogen-bond acceptors (Lipinski definition) is 6. The molecule has 180 valence electrons. The molecule has 0 spiro atoms. The molecule has 0 aliphatic heterocycles. The van der Waals surface area contributed by atoms with Crippen LogP contribution >= 0.6 is 0 Å². The molecular weight excluding hydrogens is 450 g/mol. The Balaban J connectivity index is 1.26. The maximum absolute atomic E-state index is 12.7. The number of pyridine rings is 1. The topological polar surface area (TPSA) is 97.1 Å². The molecule has 0 radical (unpaired) electrons. The van der Waals surface area contributed by atoms with Crippen LogP contribution in [0.2, 0.25) is 0 Å². The predicted octanol–water partition coefficient (Wildman–Crippen LogP) is 4.99. The van der Waals surface area contributed by atoms with Gasteiger partial charge in [-0.2, -0.15) is 9.50 Å². The molecule has 0 saturated heterocycles. The maximum Gasteiger partial charge on any atom is 0.254 e. The molecule has 2 aromatic carbocycles. The van der Waals surface area contributed by atoms with E-state index in [1.165, 1.54) is 5.56 Å². The minimum atomic E-state index is -0.0818. The van der Waals surface area contributed by atoms with Gasteiger partial charge < -0.3 is 10.6 Å². The molecule has 0 fully saturated rings. The van der Waals surface area contributed by atoms with Crippen LogP contribution in [0.5, 0.6) is 0 Å². The van der Waals surface area contributed by atoms with Crippen molar-refractivity contribution < 1.29 is 4.79 Å². The second-order valence-corrected chi connectivity index (χ2v) is 8.77. The zero-order valence-corrected chi connectivity index (χ0v) is 20.2. The summed E-state index contributed by atoms with van der Waals surface area (Å²) < 4.78 is 1.67. The van der Waals surface area contributed by atoms with Crippen molar-refractivity contribution in [1.29, 1.82) is 0 Å². The Morgan fingerprint density at radius 2 is 1.81 bits per heavy atom. The van der Waals surface area contributed by atoms with Crippen molar-refractivity contribution in [2.75, 3.05) is 5.32 Å². The lowest BCUT2D eigenvalue weighted by Crippen LogP contribution is -2.32. The molecule has 0 saturated carbocycles. The van der Waals surface area contributed by atoms with Gasteiger partial charge in [0.25, 0.3) is 11.7 Å². The number of carbonyl (C=O) groups excluding carboxylic acids is 1. The minimum Gasteiger partial charge on any atom is -0.350 e. The minimum absolute atomic E-state index is 0.0740. The van der Waals surface area contributed by atoms with E-state index in [2.05, 4.69) is 42.8 Å². The first-order valence-corrected chi connectivity index (χ1v) is 11.9. The number of fused-ring (bicyclic) bond motifs is 1. The number of nitrogens with zero attached hydrogens (tertiary/aromatic N) is 5. The fraction of sp³-hybridized carbons (Fsp3) is 0.179. The van der Waals surface area contributed by atoms with Crippen LogP contribution in [-0.4, -0.2) is 36.5 Å². The van der Waals surface area contributed by atoms with E-state index in [1.54, 1.807) is 16.9 Å². The van der Waals surface area contributed by atoms with Crippen molar-refractivity contribution in [3.63, 3.8) is 0 Å². The first-order chi connectivity index (χ1) is 17.5. The summed E-state index contributed by atoms with van der Waals surface area (Å²) >= 11 is 0. The van der Waals surface area contributed by atoms with Crippen LogP contribution in [0.25, 0.3) is 17.2 Å². The normalized spacial score (nSPS) is 11.8. The summed E-state index contributed by atoms with van der Waals surface area (Å²) in [5.41, 5.74) is 4.35. The van der Waals surface area contributed by atoms with Crippen molar-refractivity contribution in [2.24, 2.45) is 0 Å². The van der Waals surface area contributed by atoms with Crippen LogP contribution in [0, 0.1) is 6.92 Å². The standard InChI is InChI=1S/C28H27N7O/c1-19(10-11-21-7-4-3-5-8-21)30-27(36)22-12-14-24(15-13-22)32-25-17-20(2)31-28-33-26(34-35(25)28)23-9-6-16-29-18-23/h3-9,12-19,32H,10-11H2,1-2H3,(H,30,36)/t19-/m1/s1. The summed E-state index contributed by atoms with van der Waals surface area (Å²) in [6.07, 6.45) is 5.24. The average Bonchev–Trinajstić information content (AvgIpc) is 3.33. The lowest BCUT2D eigenvalue weighted by molar-refractivity contribution is 0.0938. The SMILES string of the molecule is Cc1cc(Nc2ccc(C(=O)N[C@H](C)CCc3ccccc3)cc2)n2nc(-c3cccnc3)nc2n1. The van der Waals surface area contributed by atoms with Crippen molar-refractivity contribution in [1.82, 2.24) is 29.9 Å². The molecule has 2 N–H and O–H groups in total. The largest absolute Gasteiger partial charge is 0.350 e. The van der Waals surface area contributed by atoms with Gasteiger partial charge in [-0.1, -0.05) is 30.3 Å². The second-order valence-electron chi connectivity index (χ2n) is 8.77. The van der Waals surface area contributed by atoms with E-state index in [-0.39, 0.29) is 11.9 Å². The Morgan fingerprint density at radius 3 is 2.56 bits per heavy atom. The van der Waals surface area contributed by atoms with E-state index >= 15 is 0 Å². The van der Waals surface area contributed by atoms with Gasteiger partial charge in [-0.05, 0) is 68.7 Å². The van der Waals surface area contributed by atoms with Crippen molar-refractivity contribution >= 4 is 23.2 Å². The van der Waals surface area contributed by atoms with E-state index in [0.717, 1.165) is 35.6 Å². The molecule has 0 bridgehead atoms. The molecule has 5 rings (SSSR count). The Morgan fingerprint density at radius 1 is 1.00 bits per heavy atom. The fourth-order valence-corrected chi connectivity index (χ4v) is 3.95. The zero-order chi connectivity index (χ0) is 24.9. The molecule has 36 heavy (non-hydrogen) atoms. The number of aromatic nitrogens is 5. The summed E-state index contributed by atoms with van der Waals surface area (Å²) in [6, 6.07) is 23.4. The smallest absolute Gasteiger partial charge is 0.254 e. The van der Waals surface area contributed by atoms with E-state index in [1.807, 2.05) is 74.5 Å². The highest BCUT2D eigenvalue weighted by atomic mass is 16.1. The Bertz CT molecular complexity index is 1470. The molecule has 3 aromatic heterocycles. The molecule has 0 aliphatic rings. The van der Waals surface area contributed by atoms with E-state index in [4.69, 9.17) is 0 Å². The Hall–Kier alpha value is -4.59. The third-order valence-corrected chi connectivity index (χ3v) is 5.87. The Labute approximate surface area is 209 Å². The summed E-state index contributed by atoms with van der Waals surface area (Å²) in [6.45, 7) is 3.95. The number of benzene rings is 2. The average molecular weight is 478 g/mol. The summed E-state index contributed by atoms with van der Waals surface area (Å²) in [4.78, 5) is 25.9. The highest BCUT2D eigenvalue weighted by molar-refractivity contribution is 5.94. The van der Waals surface area contributed by atoms with Crippen LogP contribution in [0.3, 0.4) is 0 Å². The Kier molecular flexibility index (Phi) is 6.66. The number of carbonyl (C=O) groups is 1. The lowest BCUT2D eigenvalue weighted by atomic mass is 10.1. The maximum atomic E-state index is 12.7. The van der Waals surface area contributed by atoms with Gasteiger partial charge in [-0.25, -0.2) is 4.98 Å². The van der Waals surface area contributed by atoms with Crippen LogP contribution < -0.4 is 10.6 Å². The van der Waals surface area contributed by atoms with Gasteiger partial charge in [0.15, 0.2) is 5.82 Å². The zero-order valence-electron chi connectivity index (χ0n) is 20.2. The van der Waals surface area contributed by atoms with E-state index < -0.39 is 0 Å². The van der Waals surface area contributed by atoms with Gasteiger partial charge in [-0.15, -0.1) is 5.10 Å². The summed E-state index contributed by atoms with van der Waals surface area (Å²) in [5.74, 6) is 1.70. The van der Waals surface area contributed by atoms with Crippen LogP contribution in [0.4, 0.5) is 11.5 Å². The van der Waals surface area contributed by atoms with E-state index in [9.17, 15) is 4.79 Å². The highest BCUT2D eigenvalue weighted by Gasteiger charge is 2.13. The van der Waals surface area contributed by atoms with Crippen LogP contribution in [0.15, 0.2) is 85.2 Å². The second kappa shape index (κ2) is 10.4. The molecule has 0 aliphatic carbocycles. The number of rotatable bonds is 8. The predicted molar refractivity (Wildman–Crippen MR) is 140 cm³/mol. The first kappa shape index (κ1) is 23.2. The molecule has 0 unspecified atom stereocenters. The molecule has 8 heteroatoms. The van der Waals surface area contributed by atoms with Gasteiger partial charge in [0.05, 0.1) is 0 Å². The number of nitrogens with one attached hydrogen (secondary N) is 2. The molecule has 1 atom stereocenters. The summed E-state index contributed by atoms with van der Waals surface area (Å²) in [7, 11) is 0. The third-order valence-electron chi connectivity index (χ3n) is 5.87. The number of amides is 1. The van der Waals surface area contributed by atoms with Crippen molar-refractivity contribution in [3.05, 3.63) is 102 Å². The van der Waals surface area contributed by atoms with Gasteiger partial charge in [-0.3, -0.25) is 9.78 Å². The van der Waals surface area contributed by atoms with Crippen molar-refractivity contribution in [3.8, 4) is 11.4 Å². The third kappa shape index (κ3) is 5.38. The molecule has 3 heterocycles. The van der Waals surface area contributed by atoms with Gasteiger partial charge >= 0.3 is 0 Å². The van der Waals surface area contributed by atoms with Gasteiger partial charge in [0, 0.05) is 47.0 Å². The molecule has 8 nitrogen and oxygen atoms in total. The molecule has 1 amide bonds. The molecular formula is C28H27N7O. The van der Waals surface area contributed by atoms with Gasteiger partial charge in [0.1, 0.15) is 5.82 Å². The number of hydrogen-bond donors (Lipinski definition) is 2. The number of aryl methyl sites for hydroxylation is 2. The fourth-order valence-electron chi connectivity index (χ4n) is 3.95. The quantitative estimate of drug-likeness (QED) is 0.327. The van der Waals surface area contributed by atoms with E-state index in [0.29, 0.717) is 17.2 Å². The number of anilines is 2. The van der Waals surface area contributed by atoms with Crippen LogP contribution in [-0.2, 0) is 6.42 Å². The molecule has 5 aromatic rings. The van der Waals surface area contributed by atoms with Crippen molar-refractivity contribution in [2.45, 2.75) is 32.7 Å². The highest BCUT2D eigenvalue weighted by Crippen LogP contribution is 2.21.